The third-order valence-electron chi connectivity index (χ3n) is 6.04. The van der Waals surface area contributed by atoms with Crippen LogP contribution >= 0.6 is 0 Å². The van der Waals surface area contributed by atoms with Gasteiger partial charge in [0.1, 0.15) is 18.1 Å². The number of carboxylic acid groups (broad SMARTS) is 1. The molecule has 0 fully saturated rings. The van der Waals surface area contributed by atoms with Crippen molar-refractivity contribution in [2.45, 2.75) is 25.8 Å². The van der Waals surface area contributed by atoms with E-state index in [-0.39, 0.29) is 0 Å². The van der Waals surface area contributed by atoms with E-state index in [2.05, 4.69) is 24.0 Å². The van der Waals surface area contributed by atoms with E-state index in [9.17, 15) is 15.2 Å². The molecular weight excluding hydrogens is 454 g/mol. The average molecular weight is 484 g/mol. The second-order valence-electron chi connectivity index (χ2n) is 8.57. The van der Waals surface area contributed by atoms with Gasteiger partial charge in [0.2, 0.25) is 0 Å². The minimum absolute atomic E-state index is 0.441. The molecule has 2 N–H and O–H groups in total. The first-order chi connectivity index (χ1) is 17.6. The van der Waals surface area contributed by atoms with Crippen LogP contribution in [-0.4, -0.2) is 35.9 Å². The van der Waals surface area contributed by atoms with E-state index in [0.29, 0.717) is 37.6 Å². The smallest absolute Gasteiger partial charge is 0.407 e. The minimum Gasteiger partial charge on any atom is -0.493 e. The van der Waals surface area contributed by atoms with Crippen molar-refractivity contribution in [3.8, 4) is 17.6 Å². The van der Waals surface area contributed by atoms with E-state index in [0.717, 1.165) is 42.0 Å². The molecule has 0 saturated heterocycles. The van der Waals surface area contributed by atoms with Crippen molar-refractivity contribution < 1.29 is 19.4 Å². The molecule has 0 spiro atoms. The van der Waals surface area contributed by atoms with Crippen molar-refractivity contribution in [3.63, 3.8) is 0 Å². The third-order valence-corrected chi connectivity index (χ3v) is 6.04. The van der Waals surface area contributed by atoms with Gasteiger partial charge in [0.25, 0.3) is 0 Å². The molecule has 1 heterocycles. The number of hydrogen-bond acceptors (Lipinski definition) is 5. The van der Waals surface area contributed by atoms with Crippen LogP contribution in [0.3, 0.4) is 0 Å². The quantitative estimate of drug-likeness (QED) is 0.275. The molecule has 0 bridgehead atoms. The number of benzene rings is 3. The number of fused-ring (bicyclic) bond motifs is 1. The predicted octanol–water partition coefficient (Wildman–Crippen LogP) is 5.91. The van der Waals surface area contributed by atoms with Crippen molar-refractivity contribution in [2.75, 3.05) is 25.1 Å². The fourth-order valence-corrected chi connectivity index (χ4v) is 4.31. The van der Waals surface area contributed by atoms with E-state index in [1.54, 1.807) is 18.2 Å². The lowest BCUT2D eigenvalue weighted by Gasteiger charge is -2.28. The number of rotatable bonds is 10. The summed E-state index contributed by atoms with van der Waals surface area (Å²) in [6, 6.07) is 21.3. The monoisotopic (exact) mass is 483 g/mol. The van der Waals surface area contributed by atoms with E-state index < -0.39 is 6.09 Å². The Bertz CT molecular complexity index is 1260. The molecule has 3 aromatic rings. The Morgan fingerprint density at radius 1 is 1.11 bits per heavy atom. The second-order valence-corrected chi connectivity index (χ2v) is 8.57. The molecular formula is C29H29N3O4. The molecule has 0 aromatic heterocycles. The Morgan fingerprint density at radius 2 is 1.94 bits per heavy atom. The fourth-order valence-electron chi connectivity index (χ4n) is 4.31. The molecule has 0 atom stereocenters. The molecule has 7 nitrogen and oxygen atoms in total. The molecule has 1 aliphatic heterocycles. The summed E-state index contributed by atoms with van der Waals surface area (Å²) in [4.78, 5) is 12.7. The number of nitriles is 1. The number of carbonyl (C=O) groups is 1. The zero-order chi connectivity index (χ0) is 25.3. The van der Waals surface area contributed by atoms with E-state index in [1.807, 2.05) is 42.5 Å². The molecule has 0 aliphatic carbocycles. The van der Waals surface area contributed by atoms with Gasteiger partial charge in [0.05, 0.1) is 18.2 Å². The van der Waals surface area contributed by atoms with E-state index >= 15 is 0 Å². The Balaban J connectivity index is 1.34. The fraction of sp³-hybridized carbons (Fsp3) is 0.241. The summed E-state index contributed by atoms with van der Waals surface area (Å²) in [6.45, 7) is 5.57. The number of anilines is 2. The van der Waals surface area contributed by atoms with E-state index in [4.69, 9.17) is 9.47 Å². The molecule has 3 aromatic carbocycles. The molecule has 36 heavy (non-hydrogen) atoms. The van der Waals surface area contributed by atoms with Crippen LogP contribution in [0, 0.1) is 11.3 Å². The number of aryl methyl sites for hydroxylation is 1. The van der Waals surface area contributed by atoms with Crippen LogP contribution in [-0.2, 0) is 19.4 Å². The topological polar surface area (TPSA) is 94.8 Å². The van der Waals surface area contributed by atoms with Crippen LogP contribution in [0.15, 0.2) is 73.3 Å². The van der Waals surface area contributed by atoms with Crippen LogP contribution in [0.2, 0.25) is 0 Å². The first-order valence-electron chi connectivity index (χ1n) is 11.9. The van der Waals surface area contributed by atoms with Gasteiger partial charge >= 0.3 is 6.09 Å². The van der Waals surface area contributed by atoms with Crippen molar-refractivity contribution >= 4 is 17.5 Å². The summed E-state index contributed by atoms with van der Waals surface area (Å²) in [5.74, 6) is 1.39. The highest BCUT2D eigenvalue weighted by atomic mass is 16.5. The predicted molar refractivity (Wildman–Crippen MR) is 139 cm³/mol. The normalized spacial score (nSPS) is 12.2. The standard InChI is InChI=1S/C29H29N3O4/c1-2-14-35-26-10-8-24(9-11-26)31-25-16-21(19-30)17-27(18-25)36-15-4-7-22-5-3-6-23-20-32(29(33)34)13-12-28(22)23/h2-3,5-6,8-11,16-18,31H,1,4,7,12-15,20H2,(H,33,34). The first kappa shape index (κ1) is 24.7. The van der Waals surface area contributed by atoms with Gasteiger partial charge in [-0.1, -0.05) is 30.9 Å². The maximum Gasteiger partial charge on any atom is 0.407 e. The van der Waals surface area contributed by atoms with Crippen molar-refractivity contribution in [1.29, 1.82) is 5.26 Å². The summed E-state index contributed by atoms with van der Waals surface area (Å²) >= 11 is 0. The maximum atomic E-state index is 11.3. The Labute approximate surface area is 211 Å². The zero-order valence-electron chi connectivity index (χ0n) is 20.1. The van der Waals surface area contributed by atoms with Crippen LogP contribution in [0.25, 0.3) is 0 Å². The van der Waals surface area contributed by atoms with Gasteiger partial charge in [-0.2, -0.15) is 5.26 Å². The Hall–Kier alpha value is -4.44. The maximum absolute atomic E-state index is 11.3. The highest BCUT2D eigenvalue weighted by Crippen LogP contribution is 2.27. The molecule has 0 radical (unpaired) electrons. The molecule has 1 aliphatic rings. The molecule has 184 valence electrons. The molecule has 4 rings (SSSR count). The number of hydrogen-bond donors (Lipinski definition) is 2. The van der Waals surface area contributed by atoms with Gasteiger partial charge in [-0.15, -0.1) is 0 Å². The van der Waals surface area contributed by atoms with Crippen LogP contribution in [0.5, 0.6) is 11.5 Å². The lowest BCUT2D eigenvalue weighted by atomic mass is 9.92. The summed E-state index contributed by atoms with van der Waals surface area (Å²) in [5.41, 5.74) is 5.74. The van der Waals surface area contributed by atoms with Gasteiger partial charge < -0.3 is 24.8 Å². The van der Waals surface area contributed by atoms with Gasteiger partial charge in [-0.3, -0.25) is 0 Å². The summed E-state index contributed by atoms with van der Waals surface area (Å²) < 4.78 is 11.5. The molecule has 0 saturated carbocycles. The van der Waals surface area contributed by atoms with Gasteiger partial charge in [-0.25, -0.2) is 4.79 Å². The average Bonchev–Trinajstić information content (AvgIpc) is 2.90. The van der Waals surface area contributed by atoms with Gasteiger partial charge in [0.15, 0.2) is 0 Å². The summed E-state index contributed by atoms with van der Waals surface area (Å²) in [7, 11) is 0. The Kier molecular flexibility index (Phi) is 8.09. The lowest BCUT2D eigenvalue weighted by molar-refractivity contribution is 0.140. The zero-order valence-corrected chi connectivity index (χ0v) is 20.1. The molecule has 7 heteroatoms. The van der Waals surface area contributed by atoms with Crippen molar-refractivity contribution in [3.05, 3.63) is 95.6 Å². The minimum atomic E-state index is -0.873. The number of ether oxygens (including phenoxy) is 2. The first-order valence-corrected chi connectivity index (χ1v) is 11.9. The van der Waals surface area contributed by atoms with Gasteiger partial charge in [0, 0.05) is 30.5 Å². The van der Waals surface area contributed by atoms with E-state index in [1.165, 1.54) is 16.0 Å². The highest BCUT2D eigenvalue weighted by molar-refractivity contribution is 5.66. The Morgan fingerprint density at radius 3 is 2.69 bits per heavy atom. The lowest BCUT2D eigenvalue weighted by Crippen LogP contribution is -2.35. The summed E-state index contributed by atoms with van der Waals surface area (Å²) in [6.07, 6.45) is 3.22. The highest BCUT2D eigenvalue weighted by Gasteiger charge is 2.21. The van der Waals surface area contributed by atoms with Gasteiger partial charge in [-0.05, 0) is 72.4 Å². The number of nitrogens with zero attached hydrogens (tertiary/aromatic N) is 2. The second kappa shape index (κ2) is 11.8. The number of amides is 1. The molecule has 1 amide bonds. The van der Waals surface area contributed by atoms with Crippen molar-refractivity contribution in [1.82, 2.24) is 4.90 Å². The van der Waals surface area contributed by atoms with Crippen LogP contribution in [0.1, 0.15) is 28.7 Å². The summed E-state index contributed by atoms with van der Waals surface area (Å²) in [5, 5.41) is 22.0. The van der Waals surface area contributed by atoms with Crippen LogP contribution in [0.4, 0.5) is 16.2 Å². The largest absolute Gasteiger partial charge is 0.493 e. The van der Waals surface area contributed by atoms with Crippen molar-refractivity contribution in [2.24, 2.45) is 0 Å². The SMILES string of the molecule is C=CCOc1ccc(Nc2cc(C#N)cc(OCCCc3cccc4c3CCN(C(=O)O)C4)c2)cc1. The molecule has 0 unspecified atom stereocenters. The third kappa shape index (κ3) is 6.36. The number of nitrogens with one attached hydrogen (secondary N) is 1. The van der Waals surface area contributed by atoms with Crippen LogP contribution < -0.4 is 14.8 Å².